The molecule has 0 aliphatic rings. The highest BCUT2D eigenvalue weighted by molar-refractivity contribution is 7.17. The Morgan fingerprint density at radius 1 is 1.50 bits per heavy atom. The Morgan fingerprint density at radius 2 is 2.29 bits per heavy atom. The lowest BCUT2D eigenvalue weighted by molar-refractivity contribution is 0.112. The van der Waals surface area contributed by atoms with Gasteiger partial charge in [0.15, 0.2) is 6.29 Å². The molecule has 2 aromatic rings. The molecule has 0 spiro atoms. The summed E-state index contributed by atoms with van der Waals surface area (Å²) in [5, 5.41) is 2.73. The molecule has 0 radical (unpaired) electrons. The first-order chi connectivity index (χ1) is 6.76. The van der Waals surface area contributed by atoms with E-state index in [4.69, 9.17) is 17.3 Å². The molecular weight excluding hydrogens is 218 g/mol. The van der Waals surface area contributed by atoms with Crippen molar-refractivity contribution < 1.29 is 4.79 Å². The minimum atomic E-state index is 0.417. The summed E-state index contributed by atoms with van der Waals surface area (Å²) >= 11 is 7.32. The summed E-state index contributed by atoms with van der Waals surface area (Å²) in [5.74, 6) is 0.417. The van der Waals surface area contributed by atoms with E-state index in [0.717, 1.165) is 21.9 Å². The summed E-state index contributed by atoms with van der Waals surface area (Å²) in [7, 11) is 0. The molecule has 14 heavy (non-hydrogen) atoms. The van der Waals surface area contributed by atoms with E-state index in [1.165, 1.54) is 11.3 Å². The number of benzene rings is 1. The van der Waals surface area contributed by atoms with Gasteiger partial charge in [0.25, 0.3) is 0 Å². The molecule has 0 aliphatic heterocycles. The van der Waals surface area contributed by atoms with Crippen LogP contribution in [0.1, 0.15) is 15.9 Å². The topological polar surface area (TPSA) is 43.1 Å². The maximum absolute atomic E-state index is 10.7. The molecule has 0 unspecified atom stereocenters. The van der Waals surface area contributed by atoms with Gasteiger partial charge in [-0.3, -0.25) is 4.79 Å². The Labute approximate surface area is 90.3 Å². The quantitative estimate of drug-likeness (QED) is 0.485. The lowest BCUT2D eigenvalue weighted by Crippen LogP contribution is -1.88. The molecule has 0 bridgehead atoms. The summed E-state index contributed by atoms with van der Waals surface area (Å²) in [6, 6.07) is 3.66. The molecule has 1 heterocycles. The van der Waals surface area contributed by atoms with Crippen LogP contribution in [0.15, 0.2) is 17.5 Å². The van der Waals surface area contributed by atoms with Crippen molar-refractivity contribution in [1.29, 1.82) is 0 Å². The van der Waals surface area contributed by atoms with Gasteiger partial charge in [0.2, 0.25) is 0 Å². The van der Waals surface area contributed by atoms with Crippen molar-refractivity contribution in [3.63, 3.8) is 0 Å². The first-order valence-corrected chi connectivity index (χ1v) is 5.48. The number of alkyl halides is 1. The number of hydrogen-bond acceptors (Lipinski definition) is 3. The van der Waals surface area contributed by atoms with Crippen LogP contribution in [0.2, 0.25) is 0 Å². The van der Waals surface area contributed by atoms with Crippen LogP contribution in [-0.2, 0) is 5.88 Å². The Balaban J connectivity index is 2.83. The molecule has 0 saturated heterocycles. The van der Waals surface area contributed by atoms with Crippen molar-refractivity contribution >= 4 is 45.0 Å². The zero-order valence-corrected chi connectivity index (χ0v) is 8.86. The van der Waals surface area contributed by atoms with Crippen molar-refractivity contribution in [3.8, 4) is 0 Å². The number of halogens is 1. The molecule has 1 aromatic heterocycles. The lowest BCUT2D eigenvalue weighted by Gasteiger charge is -2.00. The van der Waals surface area contributed by atoms with Gasteiger partial charge in [-0.05, 0) is 17.7 Å². The monoisotopic (exact) mass is 225 g/mol. The van der Waals surface area contributed by atoms with Crippen molar-refractivity contribution in [2.75, 3.05) is 5.73 Å². The normalized spacial score (nSPS) is 10.6. The molecule has 2 rings (SSSR count). The van der Waals surface area contributed by atoms with Gasteiger partial charge in [-0.1, -0.05) is 0 Å². The largest absolute Gasteiger partial charge is 0.399 e. The van der Waals surface area contributed by atoms with Gasteiger partial charge >= 0.3 is 0 Å². The minimum absolute atomic E-state index is 0.417. The molecule has 2 N–H and O–H groups in total. The van der Waals surface area contributed by atoms with E-state index < -0.39 is 0 Å². The fourth-order valence-corrected chi connectivity index (χ4v) is 2.75. The number of aldehydes is 1. The smallest absolute Gasteiger partial charge is 0.151 e. The predicted octanol–water partition coefficient (Wildman–Crippen LogP) is 3.03. The summed E-state index contributed by atoms with van der Waals surface area (Å²) < 4.78 is 1.05. The van der Waals surface area contributed by atoms with Gasteiger partial charge in [0.1, 0.15) is 0 Å². The molecule has 0 aliphatic carbocycles. The maximum Gasteiger partial charge on any atom is 0.151 e. The van der Waals surface area contributed by atoms with E-state index in [0.29, 0.717) is 17.1 Å². The van der Waals surface area contributed by atoms with Crippen LogP contribution in [-0.4, -0.2) is 6.29 Å². The number of rotatable bonds is 2. The Morgan fingerprint density at radius 3 is 2.93 bits per heavy atom. The van der Waals surface area contributed by atoms with Crippen LogP contribution in [0.4, 0.5) is 5.69 Å². The molecule has 0 saturated carbocycles. The third-order valence-corrected chi connectivity index (χ3v) is 3.45. The Kier molecular flexibility index (Phi) is 2.44. The summed E-state index contributed by atoms with van der Waals surface area (Å²) in [5.41, 5.74) is 8.03. The van der Waals surface area contributed by atoms with Crippen LogP contribution in [0.5, 0.6) is 0 Å². The molecule has 0 atom stereocenters. The van der Waals surface area contributed by atoms with Crippen molar-refractivity contribution in [2.45, 2.75) is 5.88 Å². The third-order valence-electron chi connectivity index (χ3n) is 2.07. The SMILES string of the molecule is Nc1cc(CCl)c2scc(C=O)c2c1. The third kappa shape index (κ3) is 1.38. The second-order valence-corrected chi connectivity index (χ2v) is 4.15. The number of fused-ring (bicyclic) bond motifs is 1. The first kappa shape index (κ1) is 9.49. The second kappa shape index (κ2) is 3.59. The van der Waals surface area contributed by atoms with E-state index in [1.54, 1.807) is 0 Å². The van der Waals surface area contributed by atoms with Gasteiger partial charge in [0.05, 0.1) is 0 Å². The van der Waals surface area contributed by atoms with Crippen molar-refractivity contribution in [3.05, 3.63) is 28.6 Å². The van der Waals surface area contributed by atoms with Crippen LogP contribution in [0.3, 0.4) is 0 Å². The van der Waals surface area contributed by atoms with Crippen molar-refractivity contribution in [1.82, 2.24) is 0 Å². The zero-order valence-electron chi connectivity index (χ0n) is 7.29. The minimum Gasteiger partial charge on any atom is -0.399 e. The fraction of sp³-hybridized carbons (Fsp3) is 0.100. The van der Waals surface area contributed by atoms with E-state index >= 15 is 0 Å². The Bertz CT molecular complexity index is 492. The first-order valence-electron chi connectivity index (χ1n) is 4.07. The number of thiophene rings is 1. The lowest BCUT2D eigenvalue weighted by atomic mass is 10.1. The Hall–Kier alpha value is -1.06. The fourth-order valence-electron chi connectivity index (χ4n) is 1.44. The number of nitrogen functional groups attached to an aromatic ring is 1. The van der Waals surface area contributed by atoms with Gasteiger partial charge in [-0.15, -0.1) is 22.9 Å². The predicted molar refractivity (Wildman–Crippen MR) is 61.2 cm³/mol. The molecule has 0 amide bonds. The summed E-state index contributed by atoms with van der Waals surface area (Å²) in [4.78, 5) is 10.7. The average Bonchev–Trinajstić information content (AvgIpc) is 2.59. The highest BCUT2D eigenvalue weighted by atomic mass is 35.5. The second-order valence-electron chi connectivity index (χ2n) is 3.00. The molecule has 0 fully saturated rings. The molecule has 4 heteroatoms. The van der Waals surface area contributed by atoms with Crippen LogP contribution in [0.25, 0.3) is 10.1 Å². The molecule has 2 nitrogen and oxygen atoms in total. The van der Waals surface area contributed by atoms with Crippen molar-refractivity contribution in [2.24, 2.45) is 0 Å². The number of carbonyl (C=O) groups is 1. The summed E-state index contributed by atoms with van der Waals surface area (Å²) in [6.45, 7) is 0. The highest BCUT2D eigenvalue weighted by Gasteiger charge is 2.08. The van der Waals surface area contributed by atoms with E-state index in [-0.39, 0.29) is 0 Å². The molecule has 72 valence electrons. The van der Waals surface area contributed by atoms with Gasteiger partial charge in [-0.2, -0.15) is 0 Å². The summed E-state index contributed by atoms with van der Waals surface area (Å²) in [6.07, 6.45) is 0.844. The van der Waals surface area contributed by atoms with Gasteiger partial charge in [0, 0.05) is 32.6 Å². The van der Waals surface area contributed by atoms with Gasteiger partial charge < -0.3 is 5.73 Å². The van der Waals surface area contributed by atoms with Crippen LogP contribution >= 0.6 is 22.9 Å². The van der Waals surface area contributed by atoms with E-state index in [9.17, 15) is 4.79 Å². The van der Waals surface area contributed by atoms with Gasteiger partial charge in [-0.25, -0.2) is 0 Å². The van der Waals surface area contributed by atoms with E-state index in [2.05, 4.69) is 0 Å². The molecular formula is C10H8ClNOS. The number of hydrogen-bond donors (Lipinski definition) is 1. The highest BCUT2D eigenvalue weighted by Crippen LogP contribution is 2.31. The number of nitrogens with two attached hydrogens (primary N) is 1. The maximum atomic E-state index is 10.7. The van der Waals surface area contributed by atoms with E-state index in [1.807, 2.05) is 17.5 Å². The van der Waals surface area contributed by atoms with Crippen LogP contribution < -0.4 is 5.73 Å². The standard InChI is InChI=1S/C10H8ClNOS/c11-3-6-1-8(12)2-9-7(4-13)5-14-10(6)9/h1-2,4-5H,3,12H2. The van der Waals surface area contributed by atoms with Crippen LogP contribution in [0, 0.1) is 0 Å². The average molecular weight is 226 g/mol. The number of carbonyl (C=O) groups excluding carboxylic acids is 1. The zero-order chi connectivity index (χ0) is 10.1. The number of anilines is 1. The molecule has 1 aromatic carbocycles.